The molecule has 0 saturated carbocycles. The SMILES string of the molecule is COc1c(C(=O)NC2CCSCC2)n(C)c2c1c(=O)n(CC(=O)c1ccccc1)c1ccccc21. The number of hydrogen-bond acceptors (Lipinski definition) is 5. The lowest BCUT2D eigenvalue weighted by Gasteiger charge is -2.22. The summed E-state index contributed by atoms with van der Waals surface area (Å²) >= 11 is 1.89. The van der Waals surface area contributed by atoms with Crippen LogP contribution in [0.2, 0.25) is 0 Å². The Balaban J connectivity index is 1.69. The van der Waals surface area contributed by atoms with Gasteiger partial charge in [0.2, 0.25) is 0 Å². The molecular formula is C27H27N3O4S. The number of fused-ring (bicyclic) bond motifs is 3. The van der Waals surface area contributed by atoms with Crippen molar-refractivity contribution in [2.75, 3.05) is 18.6 Å². The molecule has 1 amide bonds. The Morgan fingerprint density at radius 1 is 1.06 bits per heavy atom. The summed E-state index contributed by atoms with van der Waals surface area (Å²) in [5, 5.41) is 4.21. The Morgan fingerprint density at radius 2 is 1.74 bits per heavy atom. The van der Waals surface area contributed by atoms with Crippen LogP contribution >= 0.6 is 11.8 Å². The molecule has 0 aliphatic carbocycles. The van der Waals surface area contributed by atoms with Gasteiger partial charge in [-0.05, 0) is 30.4 Å². The van der Waals surface area contributed by atoms with Gasteiger partial charge >= 0.3 is 0 Å². The van der Waals surface area contributed by atoms with Crippen molar-refractivity contribution in [1.82, 2.24) is 14.5 Å². The Bertz CT molecular complexity index is 1480. The number of aryl methyl sites for hydroxylation is 1. The molecule has 1 saturated heterocycles. The number of nitrogens with zero attached hydrogens (tertiary/aromatic N) is 2. The van der Waals surface area contributed by atoms with Crippen molar-refractivity contribution in [3.63, 3.8) is 0 Å². The molecule has 3 heterocycles. The van der Waals surface area contributed by atoms with Gasteiger partial charge in [0.15, 0.2) is 17.2 Å². The van der Waals surface area contributed by atoms with E-state index in [0.717, 1.165) is 29.7 Å². The van der Waals surface area contributed by atoms with Crippen LogP contribution in [0.5, 0.6) is 5.75 Å². The Kier molecular flexibility index (Phi) is 6.38. The lowest BCUT2D eigenvalue weighted by atomic mass is 10.1. The van der Waals surface area contributed by atoms with E-state index in [0.29, 0.717) is 27.7 Å². The molecule has 2 aromatic heterocycles. The Morgan fingerprint density at radius 3 is 2.46 bits per heavy atom. The second-order valence-electron chi connectivity index (χ2n) is 8.72. The monoisotopic (exact) mass is 489 g/mol. The number of rotatable bonds is 6. The number of nitrogens with one attached hydrogen (secondary N) is 1. The first-order valence-corrected chi connectivity index (χ1v) is 12.8. The van der Waals surface area contributed by atoms with E-state index < -0.39 is 0 Å². The average molecular weight is 490 g/mol. The van der Waals surface area contributed by atoms with Crippen LogP contribution in [0.15, 0.2) is 59.4 Å². The lowest BCUT2D eigenvalue weighted by Crippen LogP contribution is -2.38. The second-order valence-corrected chi connectivity index (χ2v) is 9.95. The summed E-state index contributed by atoms with van der Waals surface area (Å²) in [5.41, 5.74) is 1.75. The van der Waals surface area contributed by atoms with Crippen molar-refractivity contribution < 1.29 is 14.3 Å². The third kappa shape index (κ3) is 4.12. The summed E-state index contributed by atoms with van der Waals surface area (Å²) in [5.74, 6) is 1.85. The molecule has 0 atom stereocenters. The highest BCUT2D eigenvalue weighted by Crippen LogP contribution is 2.35. The van der Waals surface area contributed by atoms with Crippen LogP contribution in [-0.2, 0) is 13.6 Å². The van der Waals surface area contributed by atoms with E-state index in [2.05, 4.69) is 5.32 Å². The van der Waals surface area contributed by atoms with Crippen LogP contribution < -0.4 is 15.6 Å². The van der Waals surface area contributed by atoms with Crippen molar-refractivity contribution in [1.29, 1.82) is 0 Å². The first kappa shape index (κ1) is 23.2. The van der Waals surface area contributed by atoms with Crippen molar-refractivity contribution in [3.8, 4) is 5.75 Å². The van der Waals surface area contributed by atoms with Crippen molar-refractivity contribution in [2.45, 2.75) is 25.4 Å². The average Bonchev–Trinajstić information content (AvgIpc) is 3.20. The van der Waals surface area contributed by atoms with E-state index in [4.69, 9.17) is 4.74 Å². The number of amides is 1. The molecule has 8 heteroatoms. The molecule has 0 radical (unpaired) electrons. The minimum Gasteiger partial charge on any atom is -0.493 e. The number of thioether (sulfide) groups is 1. The molecule has 0 unspecified atom stereocenters. The number of ketones is 1. The summed E-state index contributed by atoms with van der Waals surface area (Å²) in [6.07, 6.45) is 1.83. The van der Waals surface area contributed by atoms with Crippen LogP contribution in [0.3, 0.4) is 0 Å². The van der Waals surface area contributed by atoms with Crippen LogP contribution in [0.1, 0.15) is 33.7 Å². The highest BCUT2D eigenvalue weighted by Gasteiger charge is 2.29. The number of pyridine rings is 1. The number of aromatic nitrogens is 2. The summed E-state index contributed by atoms with van der Waals surface area (Å²) in [7, 11) is 3.25. The molecule has 180 valence electrons. The zero-order chi connectivity index (χ0) is 24.5. The molecule has 2 aromatic carbocycles. The third-order valence-corrected chi connectivity index (χ3v) is 7.68. The zero-order valence-electron chi connectivity index (χ0n) is 19.7. The van der Waals surface area contributed by atoms with E-state index in [1.807, 2.05) is 42.1 Å². The summed E-state index contributed by atoms with van der Waals surface area (Å²) in [6.45, 7) is -0.112. The predicted octanol–water partition coefficient (Wildman–Crippen LogP) is 4.01. The summed E-state index contributed by atoms with van der Waals surface area (Å²) in [6, 6.07) is 16.5. The molecule has 4 aromatic rings. The van der Waals surface area contributed by atoms with Gasteiger partial charge < -0.3 is 14.6 Å². The maximum absolute atomic E-state index is 13.9. The van der Waals surface area contributed by atoms with Crippen molar-refractivity contribution >= 4 is 45.3 Å². The van der Waals surface area contributed by atoms with Crippen molar-refractivity contribution in [2.24, 2.45) is 7.05 Å². The molecular weight excluding hydrogens is 462 g/mol. The fourth-order valence-electron chi connectivity index (χ4n) is 4.89. The number of Topliss-reactive ketones (excluding diaryl/α,β-unsaturated/α-hetero) is 1. The second kappa shape index (κ2) is 9.62. The molecule has 0 bridgehead atoms. The number of carbonyl (C=O) groups excluding carboxylic acids is 2. The largest absolute Gasteiger partial charge is 0.493 e. The summed E-state index contributed by atoms with van der Waals surface area (Å²) < 4.78 is 8.91. The minimum atomic E-state index is -0.358. The molecule has 7 nitrogen and oxygen atoms in total. The molecule has 1 N–H and O–H groups in total. The van der Waals surface area contributed by atoms with Gasteiger partial charge in [0.1, 0.15) is 5.39 Å². The van der Waals surface area contributed by atoms with E-state index in [9.17, 15) is 14.4 Å². The van der Waals surface area contributed by atoms with Crippen molar-refractivity contribution in [3.05, 3.63) is 76.2 Å². The normalized spacial score (nSPS) is 14.3. The van der Waals surface area contributed by atoms with Gasteiger partial charge in [-0.1, -0.05) is 48.5 Å². The number of methoxy groups -OCH3 is 1. The number of hydrogen-bond donors (Lipinski definition) is 1. The van der Waals surface area contributed by atoms with Crippen LogP contribution in [0.4, 0.5) is 0 Å². The van der Waals surface area contributed by atoms with Gasteiger partial charge in [-0.25, -0.2) is 0 Å². The quantitative estimate of drug-likeness (QED) is 0.414. The molecule has 1 aliphatic heterocycles. The van der Waals surface area contributed by atoms with Gasteiger partial charge in [-0.15, -0.1) is 0 Å². The van der Waals surface area contributed by atoms with Gasteiger partial charge in [0.05, 0.1) is 24.7 Å². The van der Waals surface area contributed by atoms with E-state index >= 15 is 0 Å². The van der Waals surface area contributed by atoms with Gasteiger partial charge in [0.25, 0.3) is 11.5 Å². The smallest absolute Gasteiger partial charge is 0.272 e. The first-order chi connectivity index (χ1) is 17.0. The van der Waals surface area contributed by atoms with E-state index in [1.165, 1.54) is 11.7 Å². The molecule has 0 spiro atoms. The van der Waals surface area contributed by atoms with Gasteiger partial charge in [-0.3, -0.25) is 19.0 Å². The minimum absolute atomic E-state index is 0.100. The highest BCUT2D eigenvalue weighted by molar-refractivity contribution is 7.99. The van der Waals surface area contributed by atoms with Crippen LogP contribution in [-0.4, -0.2) is 45.5 Å². The summed E-state index contributed by atoms with van der Waals surface area (Å²) in [4.78, 5) is 40.3. The van der Waals surface area contributed by atoms with Crippen LogP contribution in [0, 0.1) is 0 Å². The fourth-order valence-corrected chi connectivity index (χ4v) is 6.00. The molecule has 1 aliphatic rings. The standard InChI is InChI=1S/C27H27N3O4S/c1-29-23-19-10-6-7-11-20(19)30(16-21(31)17-8-4-3-5-9-17)27(33)22(23)25(34-2)24(29)26(32)28-18-12-14-35-15-13-18/h3-11,18H,12-16H2,1-2H3,(H,28,32). The Hall–Kier alpha value is -3.52. The number of para-hydroxylation sites is 1. The Labute approximate surface area is 207 Å². The molecule has 35 heavy (non-hydrogen) atoms. The van der Waals surface area contributed by atoms with Gasteiger partial charge in [-0.2, -0.15) is 11.8 Å². The maximum atomic E-state index is 13.9. The van der Waals surface area contributed by atoms with Gasteiger partial charge in [0, 0.05) is 24.0 Å². The molecule has 5 rings (SSSR count). The first-order valence-electron chi connectivity index (χ1n) is 11.7. The zero-order valence-corrected chi connectivity index (χ0v) is 20.6. The third-order valence-electron chi connectivity index (χ3n) is 6.63. The number of ether oxygens (including phenoxy) is 1. The topological polar surface area (TPSA) is 82.3 Å². The van der Waals surface area contributed by atoms with E-state index in [-0.39, 0.29) is 35.6 Å². The fraction of sp³-hybridized carbons (Fsp3) is 0.296. The highest BCUT2D eigenvalue weighted by atomic mass is 32.2. The molecule has 1 fully saturated rings. The number of benzene rings is 2. The maximum Gasteiger partial charge on any atom is 0.272 e. The van der Waals surface area contributed by atoms with E-state index in [1.54, 1.807) is 35.9 Å². The van der Waals surface area contributed by atoms with Crippen LogP contribution in [0.25, 0.3) is 21.8 Å². The predicted molar refractivity (Wildman–Crippen MR) is 140 cm³/mol. The number of carbonyl (C=O) groups is 2. The lowest BCUT2D eigenvalue weighted by molar-refractivity contribution is 0.0922.